The lowest BCUT2D eigenvalue weighted by Gasteiger charge is -2.27. The molecular formula is C20H20Br2N2O6. The number of aliphatic carboxylic acids is 2. The molecule has 3 N–H and O–H groups in total. The number of fused-ring (bicyclic) bond motifs is 1. The van der Waals surface area contributed by atoms with Crippen molar-refractivity contribution in [3.05, 3.63) is 71.1 Å². The maximum Gasteiger partial charge on any atom is 0.414 e. The number of halogens is 2. The van der Waals surface area contributed by atoms with Crippen LogP contribution in [-0.4, -0.2) is 33.6 Å². The molecule has 0 aromatic heterocycles. The van der Waals surface area contributed by atoms with Gasteiger partial charge >= 0.3 is 11.9 Å². The molecule has 2 aromatic carbocycles. The lowest BCUT2D eigenvalue weighted by atomic mass is 9.88. The zero-order valence-electron chi connectivity index (χ0n) is 16.2. The lowest BCUT2D eigenvalue weighted by molar-refractivity contribution is -0.385. The summed E-state index contributed by atoms with van der Waals surface area (Å²) in [5, 5.41) is 29.6. The Hall–Kier alpha value is -2.30. The molecular weight excluding hydrogens is 524 g/mol. The van der Waals surface area contributed by atoms with Crippen molar-refractivity contribution in [3.8, 4) is 0 Å². The Labute approximate surface area is 189 Å². The quantitative estimate of drug-likeness (QED) is 0.298. The number of carboxylic acids is 2. The fraction of sp³-hybridized carbons (Fsp3) is 0.300. The smallest absolute Gasteiger partial charge is 0.414 e. The van der Waals surface area contributed by atoms with E-state index in [1.165, 1.54) is 16.7 Å². The first-order valence-corrected chi connectivity index (χ1v) is 10.5. The van der Waals surface area contributed by atoms with Crippen molar-refractivity contribution in [2.75, 3.05) is 6.54 Å². The topological polar surface area (TPSA) is 130 Å². The van der Waals surface area contributed by atoms with E-state index < -0.39 is 11.9 Å². The minimum Gasteiger partial charge on any atom is -0.473 e. The van der Waals surface area contributed by atoms with E-state index in [4.69, 9.17) is 19.8 Å². The van der Waals surface area contributed by atoms with Crippen LogP contribution < -0.4 is 5.32 Å². The Morgan fingerprint density at radius 2 is 1.70 bits per heavy atom. The van der Waals surface area contributed by atoms with E-state index in [1.54, 1.807) is 6.07 Å². The van der Waals surface area contributed by atoms with E-state index in [0.29, 0.717) is 0 Å². The summed E-state index contributed by atoms with van der Waals surface area (Å²) < 4.78 is 2.13. The number of nitrogens with one attached hydrogen (secondary N) is 1. The fourth-order valence-corrected chi connectivity index (χ4v) is 4.52. The van der Waals surface area contributed by atoms with Crippen molar-refractivity contribution >= 4 is 49.5 Å². The molecule has 0 amide bonds. The summed E-state index contributed by atoms with van der Waals surface area (Å²) in [5.74, 6) is -3.65. The number of hydrogen-bond acceptors (Lipinski definition) is 5. The number of carbonyl (C=O) groups is 2. The molecule has 0 bridgehead atoms. The first kappa shape index (κ1) is 24.0. The predicted octanol–water partition coefficient (Wildman–Crippen LogP) is 4.32. The highest BCUT2D eigenvalue weighted by atomic mass is 79.9. The lowest BCUT2D eigenvalue weighted by Crippen LogP contribution is -2.31. The molecule has 1 aliphatic rings. The molecule has 1 atom stereocenters. The molecule has 2 aromatic rings. The van der Waals surface area contributed by atoms with Gasteiger partial charge in [-0.2, -0.15) is 0 Å². The number of benzene rings is 2. The van der Waals surface area contributed by atoms with Crippen LogP contribution in [0.4, 0.5) is 5.69 Å². The largest absolute Gasteiger partial charge is 0.473 e. The fourth-order valence-electron chi connectivity index (χ4n) is 3.23. The SMILES string of the molecule is Cc1cc2c(cc1[N+](=O)[O-])C(Cc1cc(Br)c(C)c(Br)c1)NCC2.O=C(O)C(=O)O. The van der Waals surface area contributed by atoms with Crippen molar-refractivity contribution in [1.82, 2.24) is 5.32 Å². The van der Waals surface area contributed by atoms with Crippen molar-refractivity contribution in [3.63, 3.8) is 0 Å². The molecule has 10 heteroatoms. The Balaban J connectivity index is 0.000000469. The summed E-state index contributed by atoms with van der Waals surface area (Å²) in [6.07, 6.45) is 1.71. The van der Waals surface area contributed by atoms with Gasteiger partial charge in [0.2, 0.25) is 0 Å². The average molecular weight is 544 g/mol. The van der Waals surface area contributed by atoms with Crippen molar-refractivity contribution in [2.45, 2.75) is 32.7 Å². The van der Waals surface area contributed by atoms with Crippen LogP contribution in [0.3, 0.4) is 0 Å². The average Bonchev–Trinajstić information content (AvgIpc) is 2.66. The number of nitrogens with zero attached hydrogens (tertiary/aromatic N) is 1. The Morgan fingerprint density at radius 3 is 2.20 bits per heavy atom. The number of carboxylic acid groups (broad SMARTS) is 2. The minimum atomic E-state index is -1.82. The summed E-state index contributed by atoms with van der Waals surface area (Å²) in [5.41, 5.74) is 5.56. The van der Waals surface area contributed by atoms with Crippen LogP contribution in [0.5, 0.6) is 0 Å². The molecule has 3 rings (SSSR count). The van der Waals surface area contributed by atoms with E-state index in [2.05, 4.69) is 56.2 Å². The maximum atomic E-state index is 11.3. The second-order valence-corrected chi connectivity index (χ2v) is 8.56. The highest BCUT2D eigenvalue weighted by Crippen LogP contribution is 2.33. The first-order valence-electron chi connectivity index (χ1n) is 8.93. The summed E-state index contributed by atoms with van der Waals surface area (Å²) in [6.45, 7) is 4.75. The van der Waals surface area contributed by atoms with Crippen molar-refractivity contribution in [2.24, 2.45) is 0 Å². The van der Waals surface area contributed by atoms with Gasteiger partial charge in [-0.3, -0.25) is 10.1 Å². The third kappa shape index (κ3) is 5.87. The van der Waals surface area contributed by atoms with Gasteiger partial charge < -0.3 is 15.5 Å². The maximum absolute atomic E-state index is 11.3. The van der Waals surface area contributed by atoms with E-state index in [-0.39, 0.29) is 16.7 Å². The van der Waals surface area contributed by atoms with E-state index in [9.17, 15) is 10.1 Å². The molecule has 8 nitrogen and oxygen atoms in total. The van der Waals surface area contributed by atoms with Crippen LogP contribution in [0.15, 0.2) is 33.2 Å². The van der Waals surface area contributed by atoms with Crippen LogP contribution in [0, 0.1) is 24.0 Å². The van der Waals surface area contributed by atoms with Crippen LogP contribution in [0.2, 0.25) is 0 Å². The van der Waals surface area contributed by atoms with Gasteiger partial charge in [-0.25, -0.2) is 9.59 Å². The van der Waals surface area contributed by atoms with Gasteiger partial charge in [-0.15, -0.1) is 0 Å². The molecule has 0 spiro atoms. The van der Waals surface area contributed by atoms with E-state index >= 15 is 0 Å². The predicted molar refractivity (Wildman–Crippen MR) is 118 cm³/mol. The number of aryl methyl sites for hydroxylation is 1. The summed E-state index contributed by atoms with van der Waals surface area (Å²) in [4.78, 5) is 29.2. The Morgan fingerprint density at radius 1 is 1.13 bits per heavy atom. The number of nitro groups is 1. The van der Waals surface area contributed by atoms with E-state index in [1.807, 2.05) is 13.0 Å². The number of hydrogen-bond donors (Lipinski definition) is 3. The molecule has 30 heavy (non-hydrogen) atoms. The van der Waals surface area contributed by atoms with Gasteiger partial charge in [0, 0.05) is 26.6 Å². The van der Waals surface area contributed by atoms with Crippen molar-refractivity contribution < 1.29 is 24.7 Å². The van der Waals surface area contributed by atoms with Gasteiger partial charge in [0.25, 0.3) is 5.69 Å². The van der Waals surface area contributed by atoms with Crippen molar-refractivity contribution in [1.29, 1.82) is 0 Å². The second kappa shape index (κ2) is 10.1. The van der Waals surface area contributed by atoms with Crippen LogP contribution in [0.25, 0.3) is 0 Å². The Kier molecular flexibility index (Phi) is 8.10. The molecule has 0 radical (unpaired) electrons. The molecule has 0 saturated heterocycles. The van der Waals surface area contributed by atoms with Gasteiger partial charge in [-0.1, -0.05) is 31.9 Å². The molecule has 1 heterocycles. The molecule has 160 valence electrons. The third-order valence-corrected chi connectivity index (χ3v) is 6.43. The van der Waals surface area contributed by atoms with Gasteiger partial charge in [0.1, 0.15) is 0 Å². The third-order valence-electron chi connectivity index (χ3n) is 4.78. The van der Waals surface area contributed by atoms with Crippen LogP contribution in [-0.2, 0) is 22.4 Å². The number of rotatable bonds is 3. The summed E-state index contributed by atoms with van der Waals surface area (Å²) in [7, 11) is 0. The normalized spacial score (nSPS) is 14.9. The monoisotopic (exact) mass is 542 g/mol. The molecule has 1 unspecified atom stereocenters. The zero-order valence-corrected chi connectivity index (χ0v) is 19.4. The Bertz CT molecular complexity index is 974. The molecule has 1 aliphatic heterocycles. The molecule has 0 aliphatic carbocycles. The zero-order chi connectivity index (χ0) is 22.6. The first-order chi connectivity index (χ1) is 14.0. The minimum absolute atomic E-state index is 0.0922. The highest BCUT2D eigenvalue weighted by molar-refractivity contribution is 9.11. The second-order valence-electron chi connectivity index (χ2n) is 6.85. The summed E-state index contributed by atoms with van der Waals surface area (Å²) >= 11 is 7.19. The van der Waals surface area contributed by atoms with Gasteiger partial charge in [-0.05, 0) is 73.7 Å². The highest BCUT2D eigenvalue weighted by Gasteiger charge is 2.24. The van der Waals surface area contributed by atoms with Gasteiger partial charge in [0.05, 0.1) is 4.92 Å². The molecule has 0 saturated carbocycles. The van der Waals surface area contributed by atoms with E-state index in [0.717, 1.165) is 39.5 Å². The summed E-state index contributed by atoms with van der Waals surface area (Å²) in [6, 6.07) is 8.06. The van der Waals surface area contributed by atoms with Crippen LogP contribution >= 0.6 is 31.9 Å². The molecule has 0 fully saturated rings. The standard InChI is InChI=1S/C18H18Br2N2O2.C2H2O4/c1-10-5-13-3-4-21-17(14(13)9-18(10)22(23)24)8-12-6-15(19)11(2)16(20)7-12;3-1(4)2(5)6/h5-7,9,17,21H,3-4,8H2,1-2H3;(H,3,4)(H,5,6). The van der Waals surface area contributed by atoms with Gasteiger partial charge in [0.15, 0.2) is 0 Å². The van der Waals surface area contributed by atoms with Crippen LogP contribution in [0.1, 0.15) is 33.9 Å². The number of nitro benzene ring substituents is 1.